The summed E-state index contributed by atoms with van der Waals surface area (Å²) in [7, 11) is 0. The summed E-state index contributed by atoms with van der Waals surface area (Å²) in [6.07, 6.45) is 8.20. The Balaban J connectivity index is 1.56. The lowest BCUT2D eigenvalue weighted by Gasteiger charge is -2.25. The Morgan fingerprint density at radius 1 is 1.27 bits per heavy atom. The standard InChI is InChI=1S/C19H22N6O/c1-13-9-11-21-24(13)14(2)19(26)23-16-6-5-7-17-15(16)12-22-25(17)18-8-3-4-10-20-18/h3-4,8-12,14,16H,5-7H2,1-2H3,(H,23,26)/t14-,16-/m0/s1. The Morgan fingerprint density at radius 3 is 2.88 bits per heavy atom. The molecular formula is C19H22N6O. The van der Waals surface area contributed by atoms with Gasteiger partial charge in [0.2, 0.25) is 5.91 Å². The normalized spacial score (nSPS) is 17.5. The fourth-order valence-corrected chi connectivity index (χ4v) is 3.57. The summed E-state index contributed by atoms with van der Waals surface area (Å²) in [5, 5.41) is 12.0. The molecule has 7 nitrogen and oxygen atoms in total. The first-order chi connectivity index (χ1) is 12.6. The summed E-state index contributed by atoms with van der Waals surface area (Å²) < 4.78 is 3.63. The van der Waals surface area contributed by atoms with Crippen LogP contribution in [-0.4, -0.2) is 30.5 Å². The molecule has 0 radical (unpaired) electrons. The van der Waals surface area contributed by atoms with E-state index in [1.54, 1.807) is 17.1 Å². The molecule has 3 aromatic heterocycles. The van der Waals surface area contributed by atoms with Crippen molar-refractivity contribution in [3.8, 4) is 5.82 Å². The minimum Gasteiger partial charge on any atom is -0.347 e. The average molecular weight is 350 g/mol. The maximum Gasteiger partial charge on any atom is 0.245 e. The number of aromatic nitrogens is 5. The van der Waals surface area contributed by atoms with Crippen LogP contribution in [0.1, 0.15) is 48.8 Å². The highest BCUT2D eigenvalue weighted by molar-refractivity contribution is 5.80. The van der Waals surface area contributed by atoms with Crippen LogP contribution in [0.25, 0.3) is 5.82 Å². The SMILES string of the molecule is Cc1ccnn1[C@@H](C)C(=O)N[C@H]1CCCc2c1cnn2-c1ccccn1. The lowest BCUT2D eigenvalue weighted by molar-refractivity contribution is -0.125. The van der Waals surface area contributed by atoms with Gasteiger partial charge in [0, 0.05) is 23.7 Å². The highest BCUT2D eigenvalue weighted by atomic mass is 16.2. The zero-order valence-electron chi connectivity index (χ0n) is 15.0. The van der Waals surface area contributed by atoms with E-state index in [0.29, 0.717) is 0 Å². The minimum absolute atomic E-state index is 0.0259. The van der Waals surface area contributed by atoms with E-state index in [-0.39, 0.29) is 18.0 Å². The van der Waals surface area contributed by atoms with Gasteiger partial charge in [0.1, 0.15) is 6.04 Å². The number of carbonyl (C=O) groups excluding carboxylic acids is 1. The predicted molar refractivity (Wildman–Crippen MR) is 96.9 cm³/mol. The van der Waals surface area contributed by atoms with Crippen molar-refractivity contribution in [2.75, 3.05) is 0 Å². The Morgan fingerprint density at radius 2 is 2.15 bits per heavy atom. The molecule has 0 saturated heterocycles. The molecule has 2 atom stereocenters. The van der Waals surface area contributed by atoms with Crippen molar-refractivity contribution in [2.45, 2.75) is 45.2 Å². The molecule has 0 bridgehead atoms. The second-order valence-corrected chi connectivity index (χ2v) is 6.69. The molecular weight excluding hydrogens is 328 g/mol. The molecule has 7 heteroatoms. The van der Waals surface area contributed by atoms with E-state index in [9.17, 15) is 4.79 Å². The number of aryl methyl sites for hydroxylation is 1. The van der Waals surface area contributed by atoms with E-state index in [4.69, 9.17) is 0 Å². The zero-order valence-corrected chi connectivity index (χ0v) is 15.0. The molecule has 0 aliphatic heterocycles. The molecule has 0 aromatic carbocycles. The smallest absolute Gasteiger partial charge is 0.245 e. The first-order valence-corrected chi connectivity index (χ1v) is 8.94. The first kappa shape index (κ1) is 16.5. The Kier molecular flexibility index (Phi) is 4.28. The van der Waals surface area contributed by atoms with E-state index in [0.717, 1.165) is 42.0 Å². The van der Waals surface area contributed by atoms with Crippen LogP contribution in [0, 0.1) is 6.92 Å². The first-order valence-electron chi connectivity index (χ1n) is 8.94. The lowest BCUT2D eigenvalue weighted by atomic mass is 9.92. The molecule has 1 aliphatic carbocycles. The number of carbonyl (C=O) groups is 1. The zero-order chi connectivity index (χ0) is 18.1. The molecule has 0 spiro atoms. The van der Waals surface area contributed by atoms with Crippen LogP contribution in [-0.2, 0) is 11.2 Å². The van der Waals surface area contributed by atoms with Gasteiger partial charge in [-0.2, -0.15) is 10.2 Å². The van der Waals surface area contributed by atoms with E-state index in [1.807, 2.05) is 49.0 Å². The Hall–Kier alpha value is -2.96. The highest BCUT2D eigenvalue weighted by Gasteiger charge is 2.28. The molecule has 0 unspecified atom stereocenters. The number of hydrogen-bond acceptors (Lipinski definition) is 4. The molecule has 0 saturated carbocycles. The fraction of sp³-hybridized carbons (Fsp3) is 0.368. The van der Waals surface area contributed by atoms with Gasteiger partial charge in [-0.15, -0.1) is 0 Å². The van der Waals surface area contributed by atoms with Crippen molar-refractivity contribution in [2.24, 2.45) is 0 Å². The third-order valence-corrected chi connectivity index (χ3v) is 4.98. The summed E-state index contributed by atoms with van der Waals surface area (Å²) in [6, 6.07) is 7.31. The third kappa shape index (κ3) is 2.89. The summed E-state index contributed by atoms with van der Waals surface area (Å²) in [4.78, 5) is 17.1. The van der Waals surface area contributed by atoms with Gasteiger partial charge in [0.15, 0.2) is 5.82 Å². The van der Waals surface area contributed by atoms with Crippen LogP contribution in [0.4, 0.5) is 0 Å². The van der Waals surface area contributed by atoms with Gasteiger partial charge in [0.05, 0.1) is 17.9 Å². The molecule has 134 valence electrons. The van der Waals surface area contributed by atoms with Crippen LogP contribution >= 0.6 is 0 Å². The molecule has 1 aliphatic rings. The predicted octanol–water partition coefficient (Wildman–Crippen LogP) is 2.53. The number of rotatable bonds is 4. The number of pyridine rings is 1. The van der Waals surface area contributed by atoms with E-state index >= 15 is 0 Å². The van der Waals surface area contributed by atoms with E-state index in [1.165, 1.54) is 0 Å². The van der Waals surface area contributed by atoms with Crippen LogP contribution in [0.15, 0.2) is 42.9 Å². The number of amides is 1. The third-order valence-electron chi connectivity index (χ3n) is 4.98. The number of nitrogens with zero attached hydrogens (tertiary/aromatic N) is 5. The number of hydrogen-bond donors (Lipinski definition) is 1. The van der Waals surface area contributed by atoms with Gasteiger partial charge in [-0.1, -0.05) is 6.07 Å². The number of nitrogens with one attached hydrogen (secondary N) is 1. The van der Waals surface area contributed by atoms with Crippen LogP contribution in [0.2, 0.25) is 0 Å². The van der Waals surface area contributed by atoms with Gasteiger partial charge in [-0.05, 0) is 51.3 Å². The Bertz CT molecular complexity index is 913. The van der Waals surface area contributed by atoms with Crippen LogP contribution in [0.5, 0.6) is 0 Å². The quantitative estimate of drug-likeness (QED) is 0.784. The van der Waals surface area contributed by atoms with Gasteiger partial charge in [0.25, 0.3) is 0 Å². The van der Waals surface area contributed by atoms with Crippen molar-refractivity contribution >= 4 is 5.91 Å². The molecule has 3 aromatic rings. The highest BCUT2D eigenvalue weighted by Crippen LogP contribution is 2.31. The minimum atomic E-state index is -0.346. The topological polar surface area (TPSA) is 77.6 Å². The molecule has 1 N–H and O–H groups in total. The summed E-state index contributed by atoms with van der Waals surface area (Å²) in [5.74, 6) is 0.779. The van der Waals surface area contributed by atoms with Gasteiger partial charge in [-0.3, -0.25) is 9.48 Å². The van der Waals surface area contributed by atoms with Gasteiger partial charge >= 0.3 is 0 Å². The van der Waals surface area contributed by atoms with E-state index < -0.39 is 0 Å². The van der Waals surface area contributed by atoms with Gasteiger partial charge < -0.3 is 5.32 Å². The van der Waals surface area contributed by atoms with Crippen molar-refractivity contribution in [3.05, 3.63) is 59.8 Å². The van der Waals surface area contributed by atoms with Crippen LogP contribution < -0.4 is 5.32 Å². The Labute approximate surface area is 152 Å². The van der Waals surface area contributed by atoms with Crippen molar-refractivity contribution in [3.63, 3.8) is 0 Å². The van der Waals surface area contributed by atoms with Crippen molar-refractivity contribution in [1.29, 1.82) is 0 Å². The average Bonchev–Trinajstić information content (AvgIpc) is 3.28. The maximum absolute atomic E-state index is 12.7. The molecule has 26 heavy (non-hydrogen) atoms. The molecule has 4 rings (SSSR count). The summed E-state index contributed by atoms with van der Waals surface area (Å²) in [6.45, 7) is 3.82. The second kappa shape index (κ2) is 6.74. The summed E-state index contributed by atoms with van der Waals surface area (Å²) >= 11 is 0. The van der Waals surface area contributed by atoms with E-state index in [2.05, 4.69) is 20.5 Å². The second-order valence-electron chi connectivity index (χ2n) is 6.69. The molecule has 3 heterocycles. The number of fused-ring (bicyclic) bond motifs is 1. The fourth-order valence-electron chi connectivity index (χ4n) is 3.57. The molecule has 1 amide bonds. The molecule has 0 fully saturated rings. The lowest BCUT2D eigenvalue weighted by Crippen LogP contribution is -2.36. The van der Waals surface area contributed by atoms with Gasteiger partial charge in [-0.25, -0.2) is 9.67 Å². The van der Waals surface area contributed by atoms with Crippen molar-refractivity contribution < 1.29 is 4.79 Å². The maximum atomic E-state index is 12.7. The summed E-state index contributed by atoms with van der Waals surface area (Å²) in [5.41, 5.74) is 3.18. The van der Waals surface area contributed by atoms with Crippen molar-refractivity contribution in [1.82, 2.24) is 29.9 Å². The largest absolute Gasteiger partial charge is 0.347 e. The monoisotopic (exact) mass is 350 g/mol. The van der Waals surface area contributed by atoms with Crippen LogP contribution in [0.3, 0.4) is 0 Å².